The second kappa shape index (κ2) is 5.55. The van der Waals surface area contributed by atoms with Gasteiger partial charge in [0.1, 0.15) is 0 Å². The molecule has 18 heavy (non-hydrogen) atoms. The predicted octanol–water partition coefficient (Wildman–Crippen LogP) is 4.18. The fourth-order valence-corrected chi connectivity index (χ4v) is 2.34. The molecular weight excluding hydrogens is 244 g/mol. The topological polar surface area (TPSA) is 20.2 Å². The highest BCUT2D eigenvalue weighted by Gasteiger charge is 2.27. The van der Waals surface area contributed by atoms with E-state index in [-0.39, 0.29) is 0 Å². The van der Waals surface area contributed by atoms with Gasteiger partial charge in [-0.3, -0.25) is 0 Å². The van der Waals surface area contributed by atoms with Crippen LogP contribution in [0.4, 0.5) is 0 Å². The van der Waals surface area contributed by atoms with Crippen molar-refractivity contribution in [1.29, 1.82) is 0 Å². The lowest BCUT2D eigenvalue weighted by Gasteiger charge is -2.28. The highest BCUT2D eigenvalue weighted by atomic mass is 35.5. The van der Waals surface area contributed by atoms with E-state index in [1.54, 1.807) is 0 Å². The molecule has 0 aromatic heterocycles. The van der Waals surface area contributed by atoms with Crippen LogP contribution in [-0.2, 0) is 12.0 Å². The second-order valence-electron chi connectivity index (χ2n) is 4.52. The Morgan fingerprint density at radius 2 is 1.61 bits per heavy atom. The molecule has 0 aliphatic heterocycles. The third-order valence-corrected chi connectivity index (χ3v) is 3.71. The number of aliphatic hydroxyl groups is 1. The molecule has 2 aromatic carbocycles. The molecule has 0 radical (unpaired) electrons. The van der Waals surface area contributed by atoms with Crippen molar-refractivity contribution in [3.63, 3.8) is 0 Å². The van der Waals surface area contributed by atoms with Crippen molar-refractivity contribution in [1.82, 2.24) is 0 Å². The second-order valence-corrected chi connectivity index (χ2v) is 4.93. The monoisotopic (exact) mass is 260 g/mol. The van der Waals surface area contributed by atoms with Crippen molar-refractivity contribution in [2.75, 3.05) is 0 Å². The van der Waals surface area contributed by atoms with Gasteiger partial charge in [-0.1, -0.05) is 67.1 Å². The number of hydrogen-bond donors (Lipinski definition) is 1. The molecule has 1 unspecified atom stereocenters. The maximum Gasteiger partial charge on any atom is 0.0934 e. The van der Waals surface area contributed by atoms with Gasteiger partial charge in [-0.15, -0.1) is 0 Å². The van der Waals surface area contributed by atoms with Crippen LogP contribution in [-0.4, -0.2) is 5.11 Å². The summed E-state index contributed by atoms with van der Waals surface area (Å²) in [5, 5.41) is 11.5. The smallest absolute Gasteiger partial charge is 0.0934 e. The molecule has 2 heteroatoms. The van der Waals surface area contributed by atoms with Crippen molar-refractivity contribution in [2.45, 2.75) is 25.4 Å². The van der Waals surface area contributed by atoms with Gasteiger partial charge in [0.2, 0.25) is 0 Å². The summed E-state index contributed by atoms with van der Waals surface area (Å²) in [6.07, 6.45) is 1.19. The summed E-state index contributed by atoms with van der Waals surface area (Å²) in [6.45, 7) is 1.99. The zero-order valence-corrected chi connectivity index (χ0v) is 11.2. The summed E-state index contributed by atoms with van der Waals surface area (Å²) >= 11 is 6.16. The average Bonchev–Trinajstić information content (AvgIpc) is 2.42. The molecule has 0 saturated carbocycles. The van der Waals surface area contributed by atoms with E-state index in [0.29, 0.717) is 17.9 Å². The van der Waals surface area contributed by atoms with E-state index in [4.69, 9.17) is 11.6 Å². The molecule has 0 spiro atoms. The molecular formula is C16H17ClO. The van der Waals surface area contributed by atoms with E-state index in [0.717, 1.165) is 11.1 Å². The normalized spacial score (nSPS) is 14.2. The molecule has 0 amide bonds. The predicted molar refractivity (Wildman–Crippen MR) is 75.8 cm³/mol. The van der Waals surface area contributed by atoms with Gasteiger partial charge < -0.3 is 5.11 Å². The van der Waals surface area contributed by atoms with Crippen molar-refractivity contribution in [3.05, 3.63) is 70.7 Å². The highest BCUT2D eigenvalue weighted by molar-refractivity contribution is 6.31. The van der Waals surface area contributed by atoms with Crippen LogP contribution < -0.4 is 0 Å². The van der Waals surface area contributed by atoms with Gasteiger partial charge in [-0.2, -0.15) is 0 Å². The standard InChI is InChI=1S/C16H17ClO/c1-2-16(18,14-9-4-3-5-10-14)12-13-8-6-7-11-15(13)17/h3-11,18H,2,12H2,1H3. The van der Waals surface area contributed by atoms with Crippen molar-refractivity contribution >= 4 is 11.6 Å². The number of benzene rings is 2. The molecule has 2 rings (SSSR count). The molecule has 94 valence electrons. The Morgan fingerprint density at radius 3 is 2.22 bits per heavy atom. The van der Waals surface area contributed by atoms with Crippen LogP contribution >= 0.6 is 11.6 Å². The fourth-order valence-electron chi connectivity index (χ4n) is 2.14. The molecule has 1 N–H and O–H groups in total. The van der Waals surface area contributed by atoms with Crippen molar-refractivity contribution in [3.8, 4) is 0 Å². The lowest BCUT2D eigenvalue weighted by Crippen LogP contribution is -2.27. The van der Waals surface area contributed by atoms with Crippen LogP contribution in [0.3, 0.4) is 0 Å². The third-order valence-electron chi connectivity index (χ3n) is 3.34. The van der Waals surface area contributed by atoms with Gasteiger partial charge in [0.25, 0.3) is 0 Å². The Morgan fingerprint density at radius 1 is 1.00 bits per heavy atom. The number of halogens is 1. The molecule has 0 aliphatic rings. The van der Waals surface area contributed by atoms with Crippen LogP contribution in [0.5, 0.6) is 0 Å². The van der Waals surface area contributed by atoms with Crippen LogP contribution in [0.1, 0.15) is 24.5 Å². The maximum absolute atomic E-state index is 10.8. The SMILES string of the molecule is CCC(O)(Cc1ccccc1Cl)c1ccccc1. The minimum atomic E-state index is -0.855. The van der Waals surface area contributed by atoms with Crippen LogP contribution in [0.2, 0.25) is 5.02 Å². The zero-order chi connectivity index (χ0) is 13.0. The van der Waals surface area contributed by atoms with E-state index < -0.39 is 5.60 Å². The van der Waals surface area contributed by atoms with Crippen LogP contribution in [0.25, 0.3) is 0 Å². The van der Waals surface area contributed by atoms with Gasteiger partial charge >= 0.3 is 0 Å². The lowest BCUT2D eigenvalue weighted by molar-refractivity contribution is 0.0327. The Labute approximate surface area is 113 Å². The Hall–Kier alpha value is -1.31. The molecule has 0 saturated heterocycles. The summed E-state index contributed by atoms with van der Waals surface area (Å²) in [6, 6.07) is 17.4. The Balaban J connectivity index is 2.32. The average molecular weight is 261 g/mol. The lowest BCUT2D eigenvalue weighted by atomic mass is 9.85. The Kier molecular flexibility index (Phi) is 4.05. The highest BCUT2D eigenvalue weighted by Crippen LogP contribution is 2.31. The first-order valence-corrected chi connectivity index (χ1v) is 6.55. The summed E-state index contributed by atoms with van der Waals surface area (Å²) in [7, 11) is 0. The summed E-state index contributed by atoms with van der Waals surface area (Å²) < 4.78 is 0. The quantitative estimate of drug-likeness (QED) is 0.874. The van der Waals surface area contributed by atoms with Crippen molar-refractivity contribution < 1.29 is 5.11 Å². The van der Waals surface area contributed by atoms with Gasteiger partial charge in [0.05, 0.1) is 5.60 Å². The third kappa shape index (κ3) is 2.74. The summed E-state index contributed by atoms with van der Waals surface area (Å²) in [4.78, 5) is 0. The van der Waals surface area contributed by atoms with Gasteiger partial charge in [0.15, 0.2) is 0 Å². The van der Waals surface area contributed by atoms with Gasteiger partial charge in [-0.25, -0.2) is 0 Å². The maximum atomic E-state index is 10.8. The minimum Gasteiger partial charge on any atom is -0.385 e. The summed E-state index contributed by atoms with van der Waals surface area (Å²) in [5.41, 5.74) is 1.06. The molecule has 0 bridgehead atoms. The van der Waals surface area contributed by atoms with E-state index >= 15 is 0 Å². The van der Waals surface area contributed by atoms with Gasteiger partial charge in [0, 0.05) is 11.4 Å². The molecule has 1 nitrogen and oxygen atoms in total. The number of hydrogen-bond acceptors (Lipinski definition) is 1. The van der Waals surface area contributed by atoms with E-state index in [9.17, 15) is 5.11 Å². The first kappa shape index (κ1) is 13.1. The Bertz CT molecular complexity index is 510. The first-order chi connectivity index (χ1) is 8.65. The van der Waals surface area contributed by atoms with Gasteiger partial charge in [-0.05, 0) is 23.6 Å². The van der Waals surface area contributed by atoms with E-state index in [1.807, 2.05) is 61.5 Å². The molecule has 0 aliphatic carbocycles. The minimum absolute atomic E-state index is 0.535. The first-order valence-electron chi connectivity index (χ1n) is 6.17. The fraction of sp³-hybridized carbons (Fsp3) is 0.250. The molecule has 2 aromatic rings. The summed E-state index contributed by atoms with van der Waals surface area (Å²) in [5.74, 6) is 0. The molecule has 0 heterocycles. The van der Waals surface area contributed by atoms with E-state index in [1.165, 1.54) is 0 Å². The van der Waals surface area contributed by atoms with Crippen LogP contribution in [0.15, 0.2) is 54.6 Å². The zero-order valence-electron chi connectivity index (χ0n) is 10.4. The van der Waals surface area contributed by atoms with Crippen molar-refractivity contribution in [2.24, 2.45) is 0 Å². The van der Waals surface area contributed by atoms with Crippen LogP contribution in [0, 0.1) is 0 Å². The molecule has 0 fully saturated rings. The largest absolute Gasteiger partial charge is 0.385 e. The molecule has 1 atom stereocenters. The number of rotatable bonds is 4. The van der Waals surface area contributed by atoms with E-state index in [2.05, 4.69) is 0 Å².